The number of ether oxygens (including phenoxy) is 1. The van der Waals surface area contributed by atoms with Crippen LogP contribution in [0.4, 0.5) is 0 Å². The number of hydrogen-bond donors (Lipinski definition) is 2. The summed E-state index contributed by atoms with van der Waals surface area (Å²) in [5, 5.41) is 2.77. The number of halogens is 1. The minimum atomic E-state index is -0.613. The molecule has 3 N–H and O–H groups in total. The highest BCUT2D eigenvalue weighted by atomic mass is 35.5. The van der Waals surface area contributed by atoms with Crippen LogP contribution >= 0.6 is 12.4 Å². The number of nitrogens with zero attached hydrogens (tertiary/aromatic N) is 2. The van der Waals surface area contributed by atoms with E-state index in [1.807, 2.05) is 12.4 Å². The largest absolute Gasteiger partial charge is 0.383 e. The van der Waals surface area contributed by atoms with Gasteiger partial charge in [0.1, 0.15) is 11.9 Å². The number of carbonyl (C=O) groups is 1. The average molecular weight is 301 g/mol. The first kappa shape index (κ1) is 16.8. The summed E-state index contributed by atoms with van der Waals surface area (Å²) >= 11 is 0. The lowest BCUT2D eigenvalue weighted by Gasteiger charge is -2.10. The van der Waals surface area contributed by atoms with E-state index in [-0.39, 0.29) is 24.9 Å². The molecule has 1 atom stereocenters. The molecular weight excluding hydrogens is 280 g/mol. The van der Waals surface area contributed by atoms with Crippen LogP contribution in [0.3, 0.4) is 0 Å². The van der Waals surface area contributed by atoms with E-state index in [4.69, 9.17) is 10.5 Å². The number of nitrogens with one attached hydrogen (secondary N) is 1. The molecule has 6 nitrogen and oxygen atoms in total. The van der Waals surface area contributed by atoms with E-state index < -0.39 is 6.04 Å². The Morgan fingerprint density at radius 1 is 1.50 bits per heavy atom. The number of rotatable bonds is 7. The van der Waals surface area contributed by atoms with E-state index in [1.165, 1.54) is 20.0 Å². The summed E-state index contributed by atoms with van der Waals surface area (Å²) in [6.07, 6.45) is 6.78. The van der Waals surface area contributed by atoms with Gasteiger partial charge in [0, 0.05) is 32.0 Å². The number of carbonyl (C=O) groups excluding carboxylic acids is 1. The first-order valence-electron chi connectivity index (χ1n) is 6.53. The normalized spacial score (nSPS) is 15.3. The fraction of sp³-hybridized carbons (Fsp3) is 0.615. The predicted molar refractivity (Wildman–Crippen MR) is 77.8 cm³/mol. The molecule has 1 aliphatic rings. The quantitative estimate of drug-likeness (QED) is 0.761. The topological polar surface area (TPSA) is 90.1 Å². The molecule has 1 amide bonds. The molecule has 0 spiro atoms. The summed E-state index contributed by atoms with van der Waals surface area (Å²) in [5.74, 6) is 1.31. The molecule has 7 heteroatoms. The Balaban J connectivity index is 0.00000200. The first-order chi connectivity index (χ1) is 9.20. The third kappa shape index (κ3) is 5.03. The molecule has 0 aliphatic heterocycles. The van der Waals surface area contributed by atoms with Gasteiger partial charge in [0.05, 0.1) is 6.61 Å². The fourth-order valence-electron chi connectivity index (χ4n) is 1.76. The van der Waals surface area contributed by atoms with Crippen molar-refractivity contribution in [3.8, 4) is 0 Å². The van der Waals surface area contributed by atoms with Gasteiger partial charge in [0.25, 0.3) is 0 Å². The molecule has 1 heterocycles. The maximum Gasteiger partial charge on any atom is 0.239 e. The lowest BCUT2D eigenvalue weighted by atomic mass is 10.2. The van der Waals surface area contributed by atoms with Crippen molar-refractivity contribution in [3.05, 3.63) is 23.8 Å². The molecule has 20 heavy (non-hydrogen) atoms. The number of hydrogen-bond acceptors (Lipinski definition) is 5. The van der Waals surface area contributed by atoms with Gasteiger partial charge in [0.2, 0.25) is 5.91 Å². The van der Waals surface area contributed by atoms with Gasteiger partial charge in [-0.3, -0.25) is 4.79 Å². The molecule has 1 aromatic rings. The van der Waals surface area contributed by atoms with Crippen LogP contribution < -0.4 is 11.1 Å². The smallest absolute Gasteiger partial charge is 0.239 e. The van der Waals surface area contributed by atoms with Crippen LogP contribution in [-0.2, 0) is 16.0 Å². The molecule has 1 aliphatic carbocycles. The van der Waals surface area contributed by atoms with Crippen molar-refractivity contribution in [2.24, 2.45) is 5.73 Å². The second kappa shape index (κ2) is 8.14. The van der Waals surface area contributed by atoms with E-state index in [9.17, 15) is 4.79 Å². The molecule has 1 unspecified atom stereocenters. The second-order valence-electron chi connectivity index (χ2n) is 4.83. The highest BCUT2D eigenvalue weighted by Crippen LogP contribution is 2.37. The first-order valence-corrected chi connectivity index (χ1v) is 6.53. The molecule has 1 fully saturated rings. The molecule has 0 bridgehead atoms. The third-order valence-electron chi connectivity index (χ3n) is 3.06. The van der Waals surface area contributed by atoms with Crippen molar-refractivity contribution in [2.45, 2.75) is 31.2 Å². The summed E-state index contributed by atoms with van der Waals surface area (Å²) < 4.78 is 4.82. The van der Waals surface area contributed by atoms with Gasteiger partial charge in [-0.05, 0) is 24.8 Å². The van der Waals surface area contributed by atoms with Crippen LogP contribution in [0, 0.1) is 0 Å². The summed E-state index contributed by atoms with van der Waals surface area (Å²) in [4.78, 5) is 20.2. The van der Waals surface area contributed by atoms with Crippen molar-refractivity contribution >= 4 is 18.3 Å². The number of aromatic nitrogens is 2. The zero-order valence-electron chi connectivity index (χ0n) is 11.5. The van der Waals surface area contributed by atoms with Crippen LogP contribution in [0.1, 0.15) is 30.1 Å². The zero-order valence-corrected chi connectivity index (χ0v) is 12.4. The Bertz CT molecular complexity index is 423. The third-order valence-corrected chi connectivity index (χ3v) is 3.06. The lowest BCUT2D eigenvalue weighted by Crippen LogP contribution is -2.44. The van der Waals surface area contributed by atoms with Crippen LogP contribution in [0.2, 0.25) is 0 Å². The standard InChI is InChI=1S/C13H20N4O2.ClH/c1-19-8-11(14)13(18)15-5-4-9-6-16-12(17-7-9)10-2-3-10;/h6-7,10-11H,2-5,8,14H2,1H3,(H,15,18);1H. The molecule has 0 saturated heterocycles. The Kier molecular flexibility index (Phi) is 6.84. The second-order valence-corrected chi connectivity index (χ2v) is 4.83. The van der Waals surface area contributed by atoms with Crippen molar-refractivity contribution in [1.29, 1.82) is 0 Å². The maximum absolute atomic E-state index is 11.5. The SMILES string of the molecule is COCC(N)C(=O)NCCc1cnc(C2CC2)nc1.Cl. The molecule has 0 radical (unpaired) electrons. The molecular formula is C13H21ClN4O2. The van der Waals surface area contributed by atoms with Gasteiger partial charge < -0.3 is 15.8 Å². The highest BCUT2D eigenvalue weighted by molar-refractivity contribution is 5.85. The summed E-state index contributed by atoms with van der Waals surface area (Å²) in [5.41, 5.74) is 6.62. The Hall–Kier alpha value is -1.24. The van der Waals surface area contributed by atoms with Crippen LogP contribution in [0.15, 0.2) is 12.4 Å². The Morgan fingerprint density at radius 3 is 2.70 bits per heavy atom. The van der Waals surface area contributed by atoms with Gasteiger partial charge in [-0.2, -0.15) is 0 Å². The summed E-state index contributed by atoms with van der Waals surface area (Å²) in [6.45, 7) is 0.757. The lowest BCUT2D eigenvalue weighted by molar-refractivity contribution is -0.123. The minimum absolute atomic E-state index is 0. The van der Waals surface area contributed by atoms with Crippen LogP contribution in [0.25, 0.3) is 0 Å². The zero-order chi connectivity index (χ0) is 13.7. The van der Waals surface area contributed by atoms with Crippen LogP contribution in [0.5, 0.6) is 0 Å². The summed E-state index contributed by atoms with van der Waals surface area (Å²) in [6, 6.07) is -0.613. The number of methoxy groups -OCH3 is 1. The van der Waals surface area contributed by atoms with Crippen molar-refractivity contribution in [1.82, 2.24) is 15.3 Å². The summed E-state index contributed by atoms with van der Waals surface area (Å²) in [7, 11) is 1.52. The molecule has 0 aromatic carbocycles. The van der Waals surface area contributed by atoms with Crippen molar-refractivity contribution < 1.29 is 9.53 Å². The number of amides is 1. The number of nitrogens with two attached hydrogens (primary N) is 1. The van der Waals surface area contributed by atoms with Crippen molar-refractivity contribution in [3.63, 3.8) is 0 Å². The maximum atomic E-state index is 11.5. The molecule has 1 aromatic heterocycles. The monoisotopic (exact) mass is 300 g/mol. The molecule has 1 saturated carbocycles. The highest BCUT2D eigenvalue weighted by Gasteiger charge is 2.26. The fourth-order valence-corrected chi connectivity index (χ4v) is 1.76. The Labute approximate surface area is 124 Å². The van der Waals surface area contributed by atoms with Crippen molar-refractivity contribution in [2.75, 3.05) is 20.3 Å². The van der Waals surface area contributed by atoms with Gasteiger partial charge >= 0.3 is 0 Å². The van der Waals surface area contributed by atoms with E-state index in [0.717, 1.165) is 11.4 Å². The van der Waals surface area contributed by atoms with Gasteiger partial charge in [0.15, 0.2) is 0 Å². The van der Waals surface area contributed by atoms with Crippen LogP contribution in [-0.4, -0.2) is 42.2 Å². The Morgan fingerprint density at radius 2 is 2.15 bits per heavy atom. The van der Waals surface area contributed by atoms with E-state index in [0.29, 0.717) is 18.9 Å². The van der Waals surface area contributed by atoms with E-state index >= 15 is 0 Å². The molecule has 112 valence electrons. The van der Waals surface area contributed by atoms with Gasteiger partial charge in [-0.1, -0.05) is 0 Å². The van der Waals surface area contributed by atoms with Gasteiger partial charge in [-0.25, -0.2) is 9.97 Å². The molecule has 2 rings (SSSR count). The minimum Gasteiger partial charge on any atom is -0.383 e. The van der Waals surface area contributed by atoms with E-state index in [2.05, 4.69) is 15.3 Å². The predicted octanol–water partition coefficient (Wildman–Crippen LogP) is 0.408. The van der Waals surface area contributed by atoms with E-state index in [1.54, 1.807) is 0 Å². The average Bonchev–Trinajstić information content (AvgIpc) is 3.24. The van der Waals surface area contributed by atoms with Gasteiger partial charge in [-0.15, -0.1) is 12.4 Å².